The van der Waals surface area contributed by atoms with Crippen LogP contribution in [0.25, 0.3) is 0 Å². The van der Waals surface area contributed by atoms with Crippen molar-refractivity contribution in [1.82, 2.24) is 0 Å². The summed E-state index contributed by atoms with van der Waals surface area (Å²) < 4.78 is 5.12. The van der Waals surface area contributed by atoms with Crippen LogP contribution in [0.5, 0.6) is 0 Å². The van der Waals surface area contributed by atoms with Crippen molar-refractivity contribution in [2.75, 3.05) is 5.75 Å². The van der Waals surface area contributed by atoms with Crippen LogP contribution in [0.15, 0.2) is 16.5 Å². The summed E-state index contributed by atoms with van der Waals surface area (Å²) in [6.07, 6.45) is 0.635. The second kappa shape index (κ2) is 5.57. The van der Waals surface area contributed by atoms with Crippen LogP contribution in [0.2, 0.25) is 0 Å². The number of carbonyl (C=O) groups is 2. The van der Waals surface area contributed by atoms with Gasteiger partial charge in [0.2, 0.25) is 0 Å². The lowest BCUT2D eigenvalue weighted by Crippen LogP contribution is -2.66. The molecule has 0 aliphatic rings. The van der Waals surface area contributed by atoms with Gasteiger partial charge in [0, 0.05) is 0 Å². The fourth-order valence-electron chi connectivity index (χ4n) is 0.908. The van der Waals surface area contributed by atoms with E-state index in [0.717, 1.165) is 0 Å². The zero-order chi connectivity index (χ0) is 11.3. The molecule has 1 aromatic heterocycles. The number of rotatable bonds is 6. The van der Waals surface area contributed by atoms with Gasteiger partial charge in [-0.1, -0.05) is 0 Å². The van der Waals surface area contributed by atoms with Crippen LogP contribution in [-0.4, -0.2) is 29.2 Å². The third kappa shape index (κ3) is 3.77. The minimum Gasteiger partial charge on any atom is -0.477 e. The number of carboxylic acids is 1. The molecular weight excluding hydrogens is 218 g/mol. The fourth-order valence-corrected chi connectivity index (χ4v) is 1.81. The molecule has 0 spiro atoms. The quantitative estimate of drug-likeness (QED) is 0.672. The molecular formula is C9H12NO4S+. The van der Waals surface area contributed by atoms with Crippen LogP contribution in [0.3, 0.4) is 0 Å². The van der Waals surface area contributed by atoms with E-state index >= 15 is 0 Å². The Morgan fingerprint density at radius 2 is 2.40 bits per heavy atom. The number of aliphatic carboxylic acids is 1. The first kappa shape index (κ1) is 11.8. The van der Waals surface area contributed by atoms with Gasteiger partial charge in [0.25, 0.3) is 0 Å². The summed E-state index contributed by atoms with van der Waals surface area (Å²) >= 11 is 1.41. The molecule has 1 rings (SSSR count). The van der Waals surface area contributed by atoms with Gasteiger partial charge in [-0.25, -0.2) is 4.79 Å². The predicted octanol–water partition coefficient (Wildman–Crippen LogP) is 0.0204. The maximum atomic E-state index is 10.4. The zero-order valence-electron chi connectivity index (χ0n) is 8.01. The highest BCUT2D eigenvalue weighted by molar-refractivity contribution is 7.98. The van der Waals surface area contributed by atoms with Gasteiger partial charge in [0.1, 0.15) is 5.76 Å². The molecule has 15 heavy (non-hydrogen) atoms. The van der Waals surface area contributed by atoms with Gasteiger partial charge in [-0.15, -0.1) is 11.8 Å². The van der Waals surface area contributed by atoms with Crippen molar-refractivity contribution in [2.24, 2.45) is 0 Å². The molecule has 1 heterocycles. The van der Waals surface area contributed by atoms with Crippen molar-refractivity contribution in [2.45, 2.75) is 11.8 Å². The molecule has 1 atom stereocenters. The van der Waals surface area contributed by atoms with Crippen molar-refractivity contribution in [3.05, 3.63) is 23.7 Å². The molecule has 0 saturated heterocycles. The Labute approximate surface area is 90.6 Å². The maximum Gasteiger partial charge on any atom is 0.363 e. The SMILES string of the molecule is [NH3+]C(CSCc1ccc(C=O)o1)C(=O)O. The summed E-state index contributed by atoms with van der Waals surface area (Å²) in [5, 5.41) is 8.58. The molecule has 0 fully saturated rings. The largest absolute Gasteiger partial charge is 0.477 e. The molecule has 0 bridgehead atoms. The lowest BCUT2D eigenvalue weighted by Gasteiger charge is -2.01. The number of carbonyl (C=O) groups excluding carboxylic acids is 1. The number of hydrogen-bond acceptors (Lipinski definition) is 4. The van der Waals surface area contributed by atoms with Gasteiger partial charge < -0.3 is 15.3 Å². The topological polar surface area (TPSA) is 95.2 Å². The Balaban J connectivity index is 2.31. The zero-order valence-corrected chi connectivity index (χ0v) is 8.83. The number of carboxylic acid groups (broad SMARTS) is 1. The summed E-state index contributed by atoms with van der Waals surface area (Å²) in [6.45, 7) is 0. The molecule has 0 aliphatic carbocycles. The smallest absolute Gasteiger partial charge is 0.363 e. The van der Waals surface area contributed by atoms with E-state index in [1.807, 2.05) is 0 Å². The second-order valence-corrected chi connectivity index (χ2v) is 4.00. The van der Waals surface area contributed by atoms with Crippen LogP contribution in [-0.2, 0) is 10.5 Å². The molecule has 0 aromatic carbocycles. The van der Waals surface area contributed by atoms with Gasteiger partial charge in [-0.2, -0.15) is 0 Å². The van der Waals surface area contributed by atoms with E-state index in [2.05, 4.69) is 5.73 Å². The minimum atomic E-state index is -0.907. The highest BCUT2D eigenvalue weighted by atomic mass is 32.2. The van der Waals surface area contributed by atoms with E-state index in [1.165, 1.54) is 11.8 Å². The Bertz CT molecular complexity index is 350. The Morgan fingerprint density at radius 3 is 2.93 bits per heavy atom. The third-order valence-electron chi connectivity index (χ3n) is 1.71. The average molecular weight is 230 g/mol. The van der Waals surface area contributed by atoms with Crippen LogP contribution < -0.4 is 5.73 Å². The van der Waals surface area contributed by atoms with E-state index in [0.29, 0.717) is 23.6 Å². The molecule has 5 nitrogen and oxygen atoms in total. The molecule has 1 aromatic rings. The Kier molecular flexibility index (Phi) is 4.38. The normalized spacial score (nSPS) is 12.3. The van der Waals surface area contributed by atoms with E-state index in [4.69, 9.17) is 9.52 Å². The lowest BCUT2D eigenvalue weighted by molar-refractivity contribution is -0.400. The molecule has 1 unspecified atom stereocenters. The highest BCUT2D eigenvalue weighted by Gasteiger charge is 2.15. The van der Waals surface area contributed by atoms with Crippen LogP contribution >= 0.6 is 11.8 Å². The molecule has 4 N–H and O–H groups in total. The summed E-state index contributed by atoms with van der Waals surface area (Å²) in [6, 6.07) is 2.67. The first-order chi connectivity index (χ1) is 7.13. The molecule has 0 amide bonds. The Morgan fingerprint density at radius 1 is 1.67 bits per heavy atom. The summed E-state index contributed by atoms with van der Waals surface area (Å²) in [5.41, 5.74) is 3.48. The van der Waals surface area contributed by atoms with Crippen LogP contribution in [0.4, 0.5) is 0 Å². The predicted molar refractivity (Wildman–Crippen MR) is 54.6 cm³/mol. The number of quaternary nitrogens is 1. The van der Waals surface area contributed by atoms with Crippen molar-refractivity contribution < 1.29 is 24.8 Å². The Hall–Kier alpha value is -1.27. The van der Waals surface area contributed by atoms with Crippen molar-refractivity contribution >= 4 is 24.0 Å². The standard InChI is InChI=1S/C9H11NO4S/c10-8(9(12)13)5-15-4-7-2-1-6(3-11)14-7/h1-3,8H,4-5,10H2,(H,12,13)/p+1. The first-order valence-corrected chi connectivity index (χ1v) is 5.46. The monoisotopic (exact) mass is 230 g/mol. The van der Waals surface area contributed by atoms with Gasteiger partial charge in [-0.3, -0.25) is 4.79 Å². The second-order valence-electron chi connectivity index (χ2n) is 2.97. The van der Waals surface area contributed by atoms with Crippen molar-refractivity contribution in [3.63, 3.8) is 0 Å². The van der Waals surface area contributed by atoms with E-state index < -0.39 is 12.0 Å². The minimum absolute atomic E-state index is 0.287. The summed E-state index contributed by atoms with van der Waals surface area (Å²) in [4.78, 5) is 20.7. The van der Waals surface area contributed by atoms with Gasteiger partial charge >= 0.3 is 5.97 Å². The number of aldehydes is 1. The van der Waals surface area contributed by atoms with Crippen molar-refractivity contribution in [3.8, 4) is 0 Å². The highest BCUT2D eigenvalue weighted by Crippen LogP contribution is 2.14. The molecule has 82 valence electrons. The lowest BCUT2D eigenvalue weighted by atomic mass is 10.4. The van der Waals surface area contributed by atoms with E-state index in [-0.39, 0.29) is 5.76 Å². The molecule has 6 heteroatoms. The third-order valence-corrected chi connectivity index (χ3v) is 2.84. The number of thioether (sulfide) groups is 1. The summed E-state index contributed by atoms with van der Waals surface area (Å²) in [7, 11) is 0. The molecule has 0 aliphatic heterocycles. The van der Waals surface area contributed by atoms with Gasteiger partial charge in [0.15, 0.2) is 18.1 Å². The van der Waals surface area contributed by atoms with Crippen LogP contribution in [0, 0.1) is 0 Å². The van der Waals surface area contributed by atoms with Crippen LogP contribution in [0.1, 0.15) is 16.3 Å². The molecule has 0 saturated carbocycles. The average Bonchev–Trinajstić information content (AvgIpc) is 2.65. The van der Waals surface area contributed by atoms with E-state index in [9.17, 15) is 9.59 Å². The number of hydrogen-bond donors (Lipinski definition) is 2. The number of furan rings is 1. The first-order valence-electron chi connectivity index (χ1n) is 4.31. The molecule has 0 radical (unpaired) electrons. The van der Waals surface area contributed by atoms with Gasteiger partial charge in [-0.05, 0) is 12.1 Å². The van der Waals surface area contributed by atoms with Gasteiger partial charge in [0.05, 0.1) is 11.5 Å². The van der Waals surface area contributed by atoms with Crippen molar-refractivity contribution in [1.29, 1.82) is 0 Å². The summed E-state index contributed by atoms with van der Waals surface area (Å²) in [5.74, 6) is 1.02. The fraction of sp³-hybridized carbons (Fsp3) is 0.333. The van der Waals surface area contributed by atoms with E-state index in [1.54, 1.807) is 12.1 Å². The maximum absolute atomic E-state index is 10.4.